The molecule has 1 heterocycles. The van der Waals surface area contributed by atoms with Gasteiger partial charge in [-0.2, -0.15) is 0 Å². The Kier molecular flexibility index (Phi) is 8.24. The quantitative estimate of drug-likeness (QED) is 0.241. The van der Waals surface area contributed by atoms with Gasteiger partial charge in [0.15, 0.2) is 6.29 Å². The van der Waals surface area contributed by atoms with Gasteiger partial charge in [0.1, 0.15) is 11.4 Å². The lowest BCUT2D eigenvalue weighted by atomic mass is 10.0. The number of unbranched alkanes of at least 4 members (excludes halogenated alkanes) is 2. The second kappa shape index (κ2) is 11.3. The Bertz CT molecular complexity index is 1160. The molecular weight excluding hydrogens is 420 g/mol. The summed E-state index contributed by atoms with van der Waals surface area (Å²) >= 11 is 0. The van der Waals surface area contributed by atoms with Crippen LogP contribution in [-0.4, -0.2) is 26.7 Å². The highest BCUT2D eigenvalue weighted by molar-refractivity contribution is 5.75. The molecule has 3 rings (SSSR count). The number of carboxylic acid groups (broad SMARTS) is 1. The van der Waals surface area contributed by atoms with Crippen molar-refractivity contribution in [1.82, 2.24) is 9.13 Å². The van der Waals surface area contributed by atoms with E-state index in [9.17, 15) is 14.4 Å². The molecule has 0 bridgehead atoms. The van der Waals surface area contributed by atoms with E-state index in [2.05, 4.69) is 13.8 Å². The molecule has 7 heteroatoms. The van der Waals surface area contributed by atoms with Gasteiger partial charge in [-0.25, -0.2) is 9.59 Å². The largest absolute Gasteiger partial charge is 0.511 e. The molecule has 1 aromatic heterocycles. The van der Waals surface area contributed by atoms with Crippen LogP contribution in [0.5, 0.6) is 5.75 Å². The number of carbonyl (C=O) groups is 2. The van der Waals surface area contributed by atoms with Gasteiger partial charge in [-0.3, -0.25) is 13.9 Å². The van der Waals surface area contributed by atoms with Crippen molar-refractivity contribution in [1.29, 1.82) is 0 Å². The van der Waals surface area contributed by atoms with Gasteiger partial charge < -0.3 is 9.84 Å². The number of aldehydes is 1. The first-order chi connectivity index (χ1) is 16.0. The number of benzene rings is 2. The van der Waals surface area contributed by atoms with Crippen LogP contribution in [0.15, 0.2) is 53.3 Å². The molecule has 3 aromatic rings. The maximum atomic E-state index is 13.2. The smallest absolute Gasteiger partial charge is 0.449 e. The molecule has 0 aliphatic heterocycles. The van der Waals surface area contributed by atoms with E-state index in [0.29, 0.717) is 30.8 Å². The van der Waals surface area contributed by atoms with Crippen molar-refractivity contribution in [3.05, 3.63) is 76.0 Å². The van der Waals surface area contributed by atoms with Gasteiger partial charge in [0, 0.05) is 12.1 Å². The van der Waals surface area contributed by atoms with E-state index >= 15 is 0 Å². The summed E-state index contributed by atoms with van der Waals surface area (Å²) in [6, 6.07) is 14.5. The van der Waals surface area contributed by atoms with Crippen LogP contribution in [0, 0.1) is 0 Å². The zero-order chi connectivity index (χ0) is 23.8. The Morgan fingerprint density at radius 2 is 1.70 bits per heavy atom. The average Bonchev–Trinajstić information content (AvgIpc) is 3.06. The highest BCUT2D eigenvalue weighted by Crippen LogP contribution is 2.30. The highest BCUT2D eigenvalue weighted by atomic mass is 16.7. The molecule has 0 saturated heterocycles. The number of hydrogen-bond acceptors (Lipinski definition) is 4. The Balaban J connectivity index is 1.94. The summed E-state index contributed by atoms with van der Waals surface area (Å²) in [6.07, 6.45) is 3.77. The summed E-state index contributed by atoms with van der Waals surface area (Å²) in [7, 11) is 0. The second-order valence-corrected chi connectivity index (χ2v) is 7.99. The van der Waals surface area contributed by atoms with Crippen LogP contribution in [0.1, 0.15) is 61.3 Å². The third-order valence-corrected chi connectivity index (χ3v) is 5.68. The average molecular weight is 451 g/mol. The zero-order valence-electron chi connectivity index (χ0n) is 19.1. The van der Waals surface area contributed by atoms with Crippen molar-refractivity contribution < 1.29 is 19.4 Å². The first kappa shape index (κ1) is 24.0. The van der Waals surface area contributed by atoms with Crippen molar-refractivity contribution >= 4 is 12.4 Å². The summed E-state index contributed by atoms with van der Waals surface area (Å²) in [6.45, 7) is 5.05. The number of rotatable bonds is 11. The third kappa shape index (κ3) is 5.61. The number of nitrogens with zero attached hydrogens (tertiary/aromatic N) is 2. The van der Waals surface area contributed by atoms with Gasteiger partial charge in [-0.1, -0.05) is 69.2 Å². The normalized spacial score (nSPS) is 10.8. The van der Waals surface area contributed by atoms with Crippen LogP contribution in [0.25, 0.3) is 11.1 Å². The highest BCUT2D eigenvalue weighted by Gasteiger charge is 2.19. The minimum Gasteiger partial charge on any atom is -0.449 e. The summed E-state index contributed by atoms with van der Waals surface area (Å²) in [4.78, 5) is 36.0. The number of carbonyl (C=O) groups excluding carboxylic acids is 1. The summed E-state index contributed by atoms with van der Waals surface area (Å²) < 4.78 is 8.21. The second-order valence-electron chi connectivity index (χ2n) is 7.99. The first-order valence-corrected chi connectivity index (χ1v) is 11.4. The minimum atomic E-state index is -1.36. The van der Waals surface area contributed by atoms with Gasteiger partial charge in [0.25, 0.3) is 0 Å². The third-order valence-electron chi connectivity index (χ3n) is 5.68. The molecule has 0 unspecified atom stereocenters. The van der Waals surface area contributed by atoms with Crippen LogP contribution >= 0.6 is 0 Å². The Morgan fingerprint density at radius 3 is 2.33 bits per heavy atom. The Morgan fingerprint density at radius 1 is 1.00 bits per heavy atom. The molecule has 0 atom stereocenters. The molecular formula is C26H30N2O5. The molecule has 0 spiro atoms. The van der Waals surface area contributed by atoms with Gasteiger partial charge in [0.05, 0.1) is 12.2 Å². The fourth-order valence-corrected chi connectivity index (χ4v) is 3.95. The van der Waals surface area contributed by atoms with Crippen molar-refractivity contribution in [2.24, 2.45) is 0 Å². The zero-order valence-corrected chi connectivity index (χ0v) is 19.1. The van der Waals surface area contributed by atoms with Crippen LogP contribution in [0.4, 0.5) is 4.79 Å². The van der Waals surface area contributed by atoms with Crippen LogP contribution < -0.4 is 10.4 Å². The lowest BCUT2D eigenvalue weighted by Crippen LogP contribution is -2.26. The molecule has 0 aliphatic carbocycles. The SMILES string of the molecule is CCCCc1c(C=O)n(CCCC)c(=O)n1Cc1ccc(-c2ccccc2OC(=O)O)cc1. The Hall–Kier alpha value is -3.61. The van der Waals surface area contributed by atoms with Crippen molar-refractivity contribution in [3.63, 3.8) is 0 Å². The van der Waals surface area contributed by atoms with Crippen LogP contribution in [0.2, 0.25) is 0 Å². The maximum absolute atomic E-state index is 13.2. The van der Waals surface area contributed by atoms with Gasteiger partial charge in [-0.15, -0.1) is 0 Å². The molecule has 0 fully saturated rings. The molecule has 1 N–H and O–H groups in total. The van der Waals surface area contributed by atoms with E-state index in [-0.39, 0.29) is 11.4 Å². The lowest BCUT2D eigenvalue weighted by Gasteiger charge is -2.10. The standard InChI is InChI=1S/C26H30N2O5/c1-3-5-10-22-23(18-29)27(16-6-4-2)25(30)28(22)17-19-12-14-20(15-13-19)21-9-7-8-11-24(21)33-26(31)32/h7-9,11-15,18H,3-6,10,16-17H2,1-2H3,(H,31,32). The predicted molar refractivity (Wildman–Crippen MR) is 127 cm³/mol. The lowest BCUT2D eigenvalue weighted by molar-refractivity contribution is 0.111. The van der Waals surface area contributed by atoms with E-state index in [0.717, 1.165) is 48.8 Å². The molecule has 0 radical (unpaired) electrons. The molecule has 174 valence electrons. The molecule has 2 aromatic carbocycles. The van der Waals surface area contributed by atoms with Gasteiger partial charge in [-0.05, 0) is 36.5 Å². The van der Waals surface area contributed by atoms with Crippen LogP contribution in [0.3, 0.4) is 0 Å². The number of aromatic nitrogens is 2. The van der Waals surface area contributed by atoms with E-state index in [4.69, 9.17) is 9.84 Å². The monoisotopic (exact) mass is 450 g/mol. The van der Waals surface area contributed by atoms with E-state index in [1.807, 2.05) is 30.3 Å². The fraction of sp³-hybridized carbons (Fsp3) is 0.346. The molecule has 33 heavy (non-hydrogen) atoms. The van der Waals surface area contributed by atoms with Crippen molar-refractivity contribution in [2.45, 2.75) is 59.0 Å². The van der Waals surface area contributed by atoms with Crippen molar-refractivity contribution in [3.8, 4) is 16.9 Å². The Labute approximate surface area is 193 Å². The van der Waals surface area contributed by atoms with Crippen LogP contribution in [-0.2, 0) is 19.5 Å². The van der Waals surface area contributed by atoms with Crippen molar-refractivity contribution in [2.75, 3.05) is 0 Å². The number of ether oxygens (including phenoxy) is 1. The van der Waals surface area contributed by atoms with E-state index in [1.54, 1.807) is 27.3 Å². The maximum Gasteiger partial charge on any atom is 0.511 e. The molecule has 0 aliphatic rings. The van der Waals surface area contributed by atoms with E-state index < -0.39 is 6.16 Å². The molecule has 7 nitrogen and oxygen atoms in total. The number of hydrogen-bond donors (Lipinski definition) is 1. The molecule has 0 saturated carbocycles. The number of imidazole rings is 1. The molecule has 0 amide bonds. The van der Waals surface area contributed by atoms with Gasteiger partial charge >= 0.3 is 11.8 Å². The first-order valence-electron chi connectivity index (χ1n) is 11.4. The fourth-order valence-electron chi connectivity index (χ4n) is 3.95. The van der Waals surface area contributed by atoms with Gasteiger partial charge in [0.2, 0.25) is 0 Å². The predicted octanol–water partition coefficient (Wildman–Crippen LogP) is 5.38. The topological polar surface area (TPSA) is 90.5 Å². The summed E-state index contributed by atoms with van der Waals surface area (Å²) in [5.74, 6) is 0.263. The summed E-state index contributed by atoms with van der Waals surface area (Å²) in [5.41, 5.74) is 3.52. The number of para-hydroxylation sites is 1. The summed E-state index contributed by atoms with van der Waals surface area (Å²) in [5, 5.41) is 8.98. The minimum absolute atomic E-state index is 0.152. The van der Waals surface area contributed by atoms with E-state index in [1.165, 1.54) is 0 Å².